The number of aromatic nitrogens is 1. The summed E-state index contributed by atoms with van der Waals surface area (Å²) in [5.41, 5.74) is 0.636. The van der Waals surface area contributed by atoms with E-state index < -0.39 is 9.84 Å². The average molecular weight is 296 g/mol. The summed E-state index contributed by atoms with van der Waals surface area (Å²) in [4.78, 5) is 5.75. The van der Waals surface area contributed by atoms with Gasteiger partial charge in [0.25, 0.3) is 0 Å². The van der Waals surface area contributed by atoms with Gasteiger partial charge in [0.15, 0.2) is 9.84 Å². The van der Waals surface area contributed by atoms with Crippen LogP contribution in [0.15, 0.2) is 35.4 Å². The molecule has 0 fully saturated rings. The van der Waals surface area contributed by atoms with Crippen LogP contribution < -0.4 is 5.32 Å². The molecule has 0 bridgehead atoms. The van der Waals surface area contributed by atoms with Gasteiger partial charge in [-0.3, -0.25) is 0 Å². The average Bonchev–Trinajstić information content (AvgIpc) is 2.82. The van der Waals surface area contributed by atoms with Crippen LogP contribution >= 0.6 is 11.3 Å². The predicted octanol–water partition coefficient (Wildman–Crippen LogP) is 2.86. The Morgan fingerprint density at radius 1 is 1.32 bits per heavy atom. The van der Waals surface area contributed by atoms with Gasteiger partial charge in [-0.2, -0.15) is 0 Å². The van der Waals surface area contributed by atoms with Crippen molar-refractivity contribution in [2.45, 2.75) is 25.3 Å². The van der Waals surface area contributed by atoms with Crippen LogP contribution in [0.3, 0.4) is 0 Å². The molecule has 2 rings (SSSR count). The van der Waals surface area contributed by atoms with E-state index in [1.807, 2.05) is 19.2 Å². The Labute approximate surface area is 117 Å². The van der Waals surface area contributed by atoms with Gasteiger partial charge in [-0.25, -0.2) is 13.4 Å². The van der Waals surface area contributed by atoms with Crippen molar-refractivity contribution in [3.05, 3.63) is 40.3 Å². The van der Waals surface area contributed by atoms with Gasteiger partial charge in [0.2, 0.25) is 0 Å². The van der Waals surface area contributed by atoms with Gasteiger partial charge in [0, 0.05) is 11.1 Å². The van der Waals surface area contributed by atoms with E-state index in [4.69, 9.17) is 0 Å². The topological polar surface area (TPSA) is 59.1 Å². The smallest absolute Gasteiger partial charge is 0.180 e. The first-order chi connectivity index (χ1) is 9.03. The molecule has 0 saturated carbocycles. The van der Waals surface area contributed by atoms with Gasteiger partial charge < -0.3 is 5.32 Å². The first-order valence-electron chi connectivity index (χ1n) is 6.00. The van der Waals surface area contributed by atoms with Crippen LogP contribution in [0.4, 0.5) is 5.69 Å². The molecule has 19 heavy (non-hydrogen) atoms. The van der Waals surface area contributed by atoms with Crippen molar-refractivity contribution in [1.29, 1.82) is 0 Å². The number of rotatable bonds is 5. The number of sulfone groups is 1. The molecule has 2 aromatic rings. The second-order valence-electron chi connectivity index (χ2n) is 4.12. The summed E-state index contributed by atoms with van der Waals surface area (Å²) in [5.74, 6) is 0.0993. The lowest BCUT2D eigenvalue weighted by molar-refractivity contribution is 0.597. The fraction of sp³-hybridized carbons (Fsp3) is 0.308. The maximum absolute atomic E-state index is 12.0. The second kappa shape index (κ2) is 5.71. The quantitative estimate of drug-likeness (QED) is 0.921. The number of para-hydroxylation sites is 1. The zero-order valence-corrected chi connectivity index (χ0v) is 12.5. The molecule has 0 spiro atoms. The number of anilines is 1. The fourth-order valence-electron chi connectivity index (χ4n) is 1.69. The number of aryl methyl sites for hydroxylation is 1. The highest BCUT2D eigenvalue weighted by Crippen LogP contribution is 2.23. The van der Waals surface area contributed by atoms with Crippen LogP contribution in [0, 0.1) is 6.92 Å². The van der Waals surface area contributed by atoms with Crippen LogP contribution in [-0.4, -0.2) is 19.2 Å². The van der Waals surface area contributed by atoms with Crippen LogP contribution in [-0.2, 0) is 16.4 Å². The maximum atomic E-state index is 12.0. The summed E-state index contributed by atoms with van der Waals surface area (Å²) in [7, 11) is -3.21. The molecular weight excluding hydrogens is 280 g/mol. The van der Waals surface area contributed by atoms with E-state index in [9.17, 15) is 8.42 Å². The van der Waals surface area contributed by atoms with Gasteiger partial charge >= 0.3 is 0 Å². The third kappa shape index (κ3) is 3.33. The van der Waals surface area contributed by atoms with Crippen molar-refractivity contribution in [3.63, 3.8) is 0 Å². The van der Waals surface area contributed by atoms with E-state index in [2.05, 4.69) is 10.3 Å². The lowest BCUT2D eigenvalue weighted by Gasteiger charge is -2.10. The molecule has 0 aliphatic heterocycles. The standard InChI is InChI=1S/C13H16N2O2S2/c1-3-19(16,17)12-7-5-4-6-11(12)14-9-13-15-8-10(2)18-13/h4-8,14H,3,9H2,1-2H3. The predicted molar refractivity (Wildman–Crippen MR) is 78.3 cm³/mol. The Morgan fingerprint density at radius 3 is 2.68 bits per heavy atom. The first-order valence-corrected chi connectivity index (χ1v) is 8.47. The largest absolute Gasteiger partial charge is 0.377 e. The fourth-order valence-corrected chi connectivity index (χ4v) is 3.49. The van der Waals surface area contributed by atoms with E-state index in [1.54, 1.807) is 36.5 Å². The van der Waals surface area contributed by atoms with E-state index in [0.717, 1.165) is 9.88 Å². The summed E-state index contributed by atoms with van der Waals surface area (Å²) in [5, 5.41) is 4.10. The normalized spacial score (nSPS) is 11.5. The molecule has 0 amide bonds. The van der Waals surface area contributed by atoms with Crippen LogP contribution in [0.25, 0.3) is 0 Å². The molecule has 6 heteroatoms. The van der Waals surface area contributed by atoms with Crippen molar-refractivity contribution in [1.82, 2.24) is 4.98 Å². The number of hydrogen-bond acceptors (Lipinski definition) is 5. The molecule has 1 aromatic heterocycles. The highest BCUT2D eigenvalue weighted by Gasteiger charge is 2.15. The Hall–Kier alpha value is -1.40. The van der Waals surface area contributed by atoms with E-state index in [1.165, 1.54) is 0 Å². The Kier molecular flexibility index (Phi) is 4.21. The van der Waals surface area contributed by atoms with Crippen molar-refractivity contribution in [2.75, 3.05) is 11.1 Å². The van der Waals surface area contributed by atoms with Crippen molar-refractivity contribution >= 4 is 26.9 Å². The molecule has 0 unspecified atom stereocenters. The highest BCUT2D eigenvalue weighted by molar-refractivity contribution is 7.91. The zero-order chi connectivity index (χ0) is 13.9. The summed E-state index contributed by atoms with van der Waals surface area (Å²) in [6, 6.07) is 6.97. The highest BCUT2D eigenvalue weighted by atomic mass is 32.2. The molecule has 1 heterocycles. The summed E-state index contributed by atoms with van der Waals surface area (Å²) in [6.45, 7) is 4.18. The minimum atomic E-state index is -3.21. The van der Waals surface area contributed by atoms with Crippen molar-refractivity contribution in [3.8, 4) is 0 Å². The molecule has 0 atom stereocenters. The number of hydrogen-bond donors (Lipinski definition) is 1. The minimum absolute atomic E-state index is 0.0993. The Morgan fingerprint density at radius 2 is 2.05 bits per heavy atom. The first kappa shape index (κ1) is 14.0. The second-order valence-corrected chi connectivity index (χ2v) is 7.68. The lowest BCUT2D eigenvalue weighted by atomic mass is 10.3. The van der Waals surface area contributed by atoms with Crippen LogP contribution in [0.5, 0.6) is 0 Å². The molecule has 0 aliphatic carbocycles. The molecular formula is C13H16N2O2S2. The zero-order valence-electron chi connectivity index (χ0n) is 10.9. The number of thiazole rings is 1. The van der Waals surface area contributed by atoms with Gasteiger partial charge in [0.1, 0.15) is 5.01 Å². The minimum Gasteiger partial charge on any atom is -0.377 e. The van der Waals surface area contributed by atoms with Gasteiger partial charge in [-0.05, 0) is 19.1 Å². The monoisotopic (exact) mass is 296 g/mol. The number of nitrogens with one attached hydrogen (secondary N) is 1. The Bertz CT molecular complexity index is 663. The molecule has 102 valence electrons. The van der Waals surface area contributed by atoms with Crippen molar-refractivity contribution in [2.24, 2.45) is 0 Å². The maximum Gasteiger partial charge on any atom is 0.180 e. The summed E-state index contributed by atoms with van der Waals surface area (Å²) in [6.07, 6.45) is 1.82. The van der Waals surface area contributed by atoms with Gasteiger partial charge in [-0.15, -0.1) is 11.3 Å². The van der Waals surface area contributed by atoms with E-state index >= 15 is 0 Å². The summed E-state index contributed by atoms with van der Waals surface area (Å²) >= 11 is 1.60. The lowest BCUT2D eigenvalue weighted by Crippen LogP contribution is -2.09. The van der Waals surface area contributed by atoms with Crippen LogP contribution in [0.2, 0.25) is 0 Å². The van der Waals surface area contributed by atoms with Gasteiger partial charge in [0.05, 0.1) is 22.9 Å². The van der Waals surface area contributed by atoms with Gasteiger partial charge in [-0.1, -0.05) is 19.1 Å². The Balaban J connectivity index is 2.21. The molecule has 1 aromatic carbocycles. The SMILES string of the molecule is CCS(=O)(=O)c1ccccc1NCc1ncc(C)s1. The molecule has 1 N–H and O–H groups in total. The third-order valence-electron chi connectivity index (χ3n) is 2.70. The third-order valence-corrected chi connectivity index (χ3v) is 5.40. The molecule has 0 radical (unpaired) electrons. The number of benzene rings is 1. The molecule has 4 nitrogen and oxygen atoms in total. The molecule has 0 saturated heterocycles. The van der Waals surface area contributed by atoms with E-state index in [0.29, 0.717) is 17.1 Å². The number of nitrogens with zero attached hydrogens (tertiary/aromatic N) is 1. The van der Waals surface area contributed by atoms with E-state index in [-0.39, 0.29) is 5.75 Å². The van der Waals surface area contributed by atoms with Crippen LogP contribution in [0.1, 0.15) is 16.8 Å². The summed E-state index contributed by atoms with van der Waals surface area (Å²) < 4.78 is 24.0. The van der Waals surface area contributed by atoms with Crippen molar-refractivity contribution < 1.29 is 8.42 Å². The molecule has 0 aliphatic rings.